The zero-order valence-corrected chi connectivity index (χ0v) is 61.0. The van der Waals surface area contributed by atoms with E-state index in [-0.39, 0.29) is 52.8 Å². The second kappa shape index (κ2) is 31.8. The minimum Gasteiger partial charge on any atom is -0.453 e. The number of amides is 2. The first kappa shape index (κ1) is 97.2. The van der Waals surface area contributed by atoms with Crippen molar-refractivity contribution in [2.45, 2.75) is 191 Å². The topological polar surface area (TPSA) is 307 Å². The molecule has 0 bridgehead atoms. The van der Waals surface area contributed by atoms with E-state index in [1.165, 1.54) is 37.3 Å². The molecule has 6 aromatic rings. The maximum atomic E-state index is 14.5. The number of halogens is 27. The quantitative estimate of drug-likeness (QED) is 0.0551. The van der Waals surface area contributed by atoms with Crippen LogP contribution in [0.15, 0.2) is 109 Å². The lowest BCUT2D eigenvalue weighted by atomic mass is 9.92. The Hall–Kier alpha value is -10.7. The molecule has 6 N–H and O–H groups in total. The van der Waals surface area contributed by atoms with Crippen LogP contribution in [-0.4, -0.2) is 95.0 Å². The Labute approximate surface area is 650 Å². The molecule has 9 unspecified atom stereocenters. The van der Waals surface area contributed by atoms with Crippen LogP contribution in [0.25, 0.3) is 0 Å². The smallest absolute Gasteiger partial charge is 0.453 e. The number of alkyl halides is 27. The summed E-state index contributed by atoms with van der Waals surface area (Å²) >= 11 is 0. The Balaban J connectivity index is 0.000000221. The Morgan fingerprint density at radius 3 is 0.815 bits per heavy atom. The van der Waals surface area contributed by atoms with Crippen LogP contribution in [0.5, 0.6) is 34.5 Å². The highest BCUT2D eigenvalue weighted by Gasteiger charge is 2.69. The van der Waals surface area contributed by atoms with Crippen molar-refractivity contribution in [3.8, 4) is 34.5 Å². The Kier molecular flexibility index (Phi) is 26.0. The predicted molar refractivity (Wildman–Crippen MR) is 350 cm³/mol. The fourth-order valence-corrected chi connectivity index (χ4v) is 10.9. The summed E-state index contributed by atoms with van der Waals surface area (Å²) < 4.78 is 405. The van der Waals surface area contributed by atoms with E-state index in [4.69, 9.17) is 20.9 Å². The van der Waals surface area contributed by atoms with Gasteiger partial charge in [0.05, 0.1) is 26.5 Å². The Bertz CT molecular complexity index is 4810. The molecule has 0 saturated heterocycles. The molecule has 9 atom stereocenters. The summed E-state index contributed by atoms with van der Waals surface area (Å²) in [5.74, 6) is -21.5. The lowest BCUT2D eigenvalue weighted by molar-refractivity contribution is -0.445. The van der Waals surface area contributed by atoms with Gasteiger partial charge >= 0.3 is 73.3 Å². The van der Waals surface area contributed by atoms with Crippen molar-refractivity contribution in [3.05, 3.63) is 163 Å². The zero-order chi connectivity index (χ0) is 90.3. The van der Waals surface area contributed by atoms with Crippen LogP contribution in [0.2, 0.25) is 0 Å². The minimum absolute atomic E-state index is 0. The maximum Gasteiger partial charge on any atom is 0.536 e. The first-order valence-corrected chi connectivity index (χ1v) is 32.1. The SMILES string of the molecule is C.CC(=O)Nc1ccc2c(c1)C(C)(C(F)(F)F)OC(F)(F)O2.CC(=O)Nc1ccc2c(c1)C(C)(F)OC(C)(C(F)(F)F)O2.CC1(C(F)(F)F)OC(F)(F)Oc2ccc(N)cc21.CC1(C(F)(F)F)OC(F)(F)Oc2ccc([N+](=O)[O-])cc21.CC1(F)OC(C)(C(F)(F)F)Oc2ccc(N)cc21.CC1(F)OC(C)(C(F)(F)F)Oc2ccc([N+](=O)[O-])cc21. The number of nitro groups is 2. The fraction of sp³-hybridized carbons (Fsp3) is 0.441. The van der Waals surface area contributed by atoms with Crippen LogP contribution < -0.4 is 50.5 Å². The third-order valence-corrected chi connectivity index (χ3v) is 16.8. The van der Waals surface area contributed by atoms with Crippen LogP contribution in [0, 0.1) is 20.2 Å². The van der Waals surface area contributed by atoms with Gasteiger partial charge in [-0.2, -0.15) is 79.0 Å². The first-order chi connectivity index (χ1) is 52.9. The number of nitrogens with two attached hydrogens (primary N) is 2. The maximum absolute atomic E-state index is 14.5. The molecule has 0 radical (unpaired) electrons. The van der Waals surface area contributed by atoms with Crippen molar-refractivity contribution in [1.29, 1.82) is 0 Å². The third-order valence-electron chi connectivity index (χ3n) is 16.8. The number of nitro benzene ring substituents is 2. The van der Waals surface area contributed by atoms with Gasteiger partial charge in [-0.1, -0.05) is 7.43 Å². The van der Waals surface area contributed by atoms with E-state index in [9.17, 15) is 148 Å². The molecule has 119 heavy (non-hydrogen) atoms. The first-order valence-electron chi connectivity index (χ1n) is 32.1. The summed E-state index contributed by atoms with van der Waals surface area (Å²) in [6.07, 6.45) is -43.4. The number of hydrogen-bond donors (Lipinski definition) is 4. The minimum atomic E-state index is -5.22. The van der Waals surface area contributed by atoms with Crippen LogP contribution in [0.4, 0.5) is 153 Å². The highest BCUT2D eigenvalue weighted by molar-refractivity contribution is 5.89. The van der Waals surface area contributed by atoms with Crippen LogP contribution in [0.3, 0.4) is 0 Å². The van der Waals surface area contributed by atoms with Gasteiger partial charge in [0.15, 0.2) is 16.8 Å². The normalized spacial score (nSPS) is 27.1. The molecule has 12 rings (SSSR count). The van der Waals surface area contributed by atoms with E-state index >= 15 is 0 Å². The third kappa shape index (κ3) is 20.8. The molecule has 6 aliphatic heterocycles. The lowest BCUT2D eigenvalue weighted by Crippen LogP contribution is -2.55. The molecule has 2 amide bonds. The molecule has 0 saturated carbocycles. The molecule has 660 valence electrons. The lowest BCUT2D eigenvalue weighted by Gasteiger charge is -2.42. The number of nitrogen functional groups attached to an aromatic ring is 2. The number of rotatable bonds is 4. The van der Waals surface area contributed by atoms with E-state index in [1.807, 2.05) is 0 Å². The van der Waals surface area contributed by atoms with Gasteiger partial charge in [0.2, 0.25) is 29.4 Å². The van der Waals surface area contributed by atoms with E-state index in [1.54, 1.807) is 0 Å². The summed E-state index contributed by atoms with van der Waals surface area (Å²) in [4.78, 5) is 41.3. The average molecular weight is 1760 g/mol. The predicted octanol–water partition coefficient (Wildman–Crippen LogP) is 20.4. The summed E-state index contributed by atoms with van der Waals surface area (Å²) in [7, 11) is 0. The summed E-state index contributed by atoms with van der Waals surface area (Å²) in [6, 6.07) is 17.9. The number of anilines is 4. The van der Waals surface area contributed by atoms with E-state index in [2.05, 4.69) is 58.0 Å². The van der Waals surface area contributed by atoms with Crippen molar-refractivity contribution in [3.63, 3.8) is 0 Å². The number of fused-ring (bicyclic) bond motifs is 6. The number of hydrogen-bond acceptors (Lipinski definition) is 20. The standard InChI is InChI=1S/C13H13F4NO3.C12H10F5NO3.C11H9F4NO4.C11H11F4NO2.C10H6F5NO4.C10H8F5NO2.CH4/c1-7(19)18-8-4-5-10-9(6-8)11(2,14)21-12(3,20-10)13(15,16)17;1-6(19)18-7-3-4-9-8(5-7)10(2,11(13,14)15)21-12(16,17)20-9;1-9(12)7-5-6(16(17)18)3-4-8(7)19-10(2,20-9)11(13,14)15;1-9(12)7-5-6(16)3-4-8(7)17-10(2,18-9)11(13,14)15;1-8(9(11,12)13)6-4-5(16(17)18)2-3-7(6)19-10(14,15)20-8;1-8(9(11,12)13)6-4-5(16)2-3-7(6)17-10(14,15)18-8;/h4-6H,1-3H3,(H,18,19);3-5H,1-2H3,(H,18,19);3-5H,1-2H3;3-5H,16H2,1-2H3;2-4H,1H3;2-4H,16H2,1H3;1H4. The number of carbonyl (C=O) groups excluding carboxylic acids is 2. The van der Waals surface area contributed by atoms with Gasteiger partial charge in [0.25, 0.3) is 11.4 Å². The summed E-state index contributed by atoms with van der Waals surface area (Å²) in [5, 5.41) is 25.8. The molecular formula is C68H61F27N6O18. The van der Waals surface area contributed by atoms with Gasteiger partial charge in [-0.15, -0.1) is 26.3 Å². The number of nitrogens with zero attached hydrogens (tertiary/aromatic N) is 2. The highest BCUT2D eigenvalue weighted by Crippen LogP contribution is 2.58. The second-order valence-corrected chi connectivity index (χ2v) is 26.5. The van der Waals surface area contributed by atoms with Gasteiger partial charge in [-0.3, -0.25) is 58.2 Å². The van der Waals surface area contributed by atoms with Gasteiger partial charge in [-0.05, 0) is 126 Å². The molecule has 6 heterocycles. The van der Waals surface area contributed by atoms with E-state index < -0.39 is 186 Å². The van der Waals surface area contributed by atoms with Crippen molar-refractivity contribution >= 4 is 45.9 Å². The highest BCUT2D eigenvalue weighted by atomic mass is 19.4. The number of non-ortho nitro benzene ring substituents is 2. The Morgan fingerprint density at radius 1 is 0.328 bits per heavy atom. The van der Waals surface area contributed by atoms with E-state index in [0.29, 0.717) is 53.7 Å². The van der Waals surface area contributed by atoms with Crippen molar-refractivity contribution in [2.24, 2.45) is 0 Å². The van der Waals surface area contributed by atoms with Crippen LogP contribution >= 0.6 is 0 Å². The van der Waals surface area contributed by atoms with Crippen LogP contribution in [-0.2, 0) is 72.4 Å². The molecular weight excluding hydrogens is 1700 g/mol. The number of nitrogens with one attached hydrogen (secondary N) is 2. The zero-order valence-electron chi connectivity index (χ0n) is 61.0. The van der Waals surface area contributed by atoms with Crippen LogP contribution in [0.1, 0.15) is 117 Å². The Morgan fingerprint density at radius 2 is 0.546 bits per heavy atom. The second-order valence-electron chi connectivity index (χ2n) is 26.5. The van der Waals surface area contributed by atoms with Gasteiger partial charge in [-0.25, -0.2) is 13.2 Å². The van der Waals surface area contributed by atoms with Crippen molar-refractivity contribution < 1.29 is 195 Å². The molecule has 6 aromatic carbocycles. The van der Waals surface area contributed by atoms with Gasteiger partial charge in [0, 0.05) is 98.3 Å². The monoisotopic (exact) mass is 1760 g/mol. The molecule has 0 aliphatic carbocycles. The van der Waals surface area contributed by atoms with Gasteiger partial charge in [0.1, 0.15) is 34.5 Å². The molecule has 0 spiro atoms. The van der Waals surface area contributed by atoms with Gasteiger partial charge < -0.3 is 50.5 Å². The van der Waals surface area contributed by atoms with Crippen molar-refractivity contribution in [1.82, 2.24) is 0 Å². The average Bonchev–Trinajstić information content (AvgIpc) is 0.697. The number of ether oxygens (including phenoxy) is 12. The molecule has 51 heteroatoms. The largest absolute Gasteiger partial charge is 0.536 e. The number of benzene rings is 6. The summed E-state index contributed by atoms with van der Waals surface area (Å²) in [6.45, 7) is 7.99. The van der Waals surface area contributed by atoms with Crippen molar-refractivity contribution in [2.75, 3.05) is 22.1 Å². The summed E-state index contributed by atoms with van der Waals surface area (Å²) in [5.41, 5.74) is -2.77. The molecule has 0 fully saturated rings. The number of carbonyl (C=O) groups is 2. The molecule has 0 aromatic heterocycles. The van der Waals surface area contributed by atoms with E-state index in [0.717, 1.165) is 94.4 Å². The fourth-order valence-electron chi connectivity index (χ4n) is 10.9. The molecule has 6 aliphatic rings. The molecule has 24 nitrogen and oxygen atoms in total.